The van der Waals surface area contributed by atoms with Crippen molar-refractivity contribution in [2.45, 2.75) is 65.1 Å². The number of fused-ring (bicyclic) bond motifs is 1. The number of aromatic nitrogens is 2. The lowest BCUT2D eigenvalue weighted by atomic mass is 9.82. The smallest absolute Gasteiger partial charge is 0.290 e. The second-order valence-electron chi connectivity index (χ2n) is 10.0. The van der Waals surface area contributed by atoms with Gasteiger partial charge in [0.1, 0.15) is 0 Å². The van der Waals surface area contributed by atoms with Crippen molar-refractivity contribution in [3.63, 3.8) is 0 Å². The van der Waals surface area contributed by atoms with E-state index in [-0.39, 0.29) is 17.9 Å². The molecule has 0 saturated carbocycles. The number of nitrogens with zero attached hydrogens (tertiary/aromatic N) is 3. The molecule has 32 heavy (non-hydrogen) atoms. The number of carbonyl (C=O) groups excluding carboxylic acids is 1. The van der Waals surface area contributed by atoms with Crippen LogP contribution >= 0.6 is 0 Å². The number of methoxy groups -OCH3 is 1. The number of rotatable bonds is 10. The van der Waals surface area contributed by atoms with E-state index >= 15 is 0 Å². The number of unbranched alkanes of at least 4 members (excludes halogenated alkanes) is 1. The van der Waals surface area contributed by atoms with E-state index in [9.17, 15) is 9.90 Å². The fourth-order valence-electron chi connectivity index (χ4n) is 4.60. The largest absolute Gasteiger partial charge is 0.390 e. The molecule has 7 heteroatoms. The molecule has 2 aromatic rings. The predicted octanol–water partition coefficient (Wildman–Crippen LogP) is 3.31. The molecule has 1 aliphatic heterocycles. The van der Waals surface area contributed by atoms with Gasteiger partial charge in [0.05, 0.1) is 16.6 Å². The number of hydrogen-bond acceptors (Lipinski definition) is 5. The molecular formula is C25H40N4O3. The summed E-state index contributed by atoms with van der Waals surface area (Å²) in [6.45, 7) is 11.6. The summed E-state index contributed by atoms with van der Waals surface area (Å²) in [4.78, 5) is 20.7. The molecule has 1 unspecified atom stereocenters. The first-order chi connectivity index (χ1) is 15.2. The first-order valence-electron chi connectivity index (χ1n) is 11.9. The average Bonchev–Trinajstić information content (AvgIpc) is 3.12. The van der Waals surface area contributed by atoms with Crippen LogP contribution < -0.4 is 5.32 Å². The van der Waals surface area contributed by atoms with E-state index in [0.717, 1.165) is 49.9 Å². The van der Waals surface area contributed by atoms with Crippen molar-refractivity contribution in [3.05, 3.63) is 30.1 Å². The highest BCUT2D eigenvalue weighted by Crippen LogP contribution is 2.28. The molecule has 2 atom stereocenters. The molecule has 2 heterocycles. The third-order valence-corrected chi connectivity index (χ3v) is 6.42. The number of ether oxygens (including phenoxy) is 1. The highest BCUT2D eigenvalue weighted by molar-refractivity contribution is 5.95. The number of hydrogen-bond donors (Lipinski definition) is 2. The summed E-state index contributed by atoms with van der Waals surface area (Å²) >= 11 is 0. The fourth-order valence-corrected chi connectivity index (χ4v) is 4.60. The van der Waals surface area contributed by atoms with Crippen LogP contribution in [-0.4, -0.2) is 70.5 Å². The molecule has 0 spiro atoms. The maximum Gasteiger partial charge on any atom is 0.290 e. The van der Waals surface area contributed by atoms with Gasteiger partial charge in [-0.05, 0) is 51.2 Å². The Morgan fingerprint density at radius 1 is 1.31 bits per heavy atom. The Morgan fingerprint density at radius 3 is 2.75 bits per heavy atom. The molecule has 1 aromatic heterocycles. The maximum atomic E-state index is 13.9. The van der Waals surface area contributed by atoms with Gasteiger partial charge in [-0.15, -0.1) is 0 Å². The van der Waals surface area contributed by atoms with E-state index in [1.807, 2.05) is 43.0 Å². The topological polar surface area (TPSA) is 79.6 Å². The van der Waals surface area contributed by atoms with E-state index < -0.39 is 5.60 Å². The van der Waals surface area contributed by atoms with Crippen molar-refractivity contribution in [1.82, 2.24) is 19.8 Å². The van der Waals surface area contributed by atoms with Gasteiger partial charge in [0.25, 0.3) is 5.91 Å². The molecule has 0 bridgehead atoms. The third-order valence-electron chi connectivity index (χ3n) is 6.42. The highest BCUT2D eigenvalue weighted by atomic mass is 16.5. The lowest BCUT2D eigenvalue weighted by Gasteiger charge is -2.42. The summed E-state index contributed by atoms with van der Waals surface area (Å²) in [5.74, 6) is 0.914. The second kappa shape index (κ2) is 10.8. The molecule has 7 nitrogen and oxygen atoms in total. The molecule has 1 saturated heterocycles. The van der Waals surface area contributed by atoms with Crippen LogP contribution in [-0.2, 0) is 11.3 Å². The van der Waals surface area contributed by atoms with Crippen LogP contribution in [0.25, 0.3) is 11.0 Å². The summed E-state index contributed by atoms with van der Waals surface area (Å²) in [6.07, 6.45) is 2.64. The Kier molecular flexibility index (Phi) is 8.31. The van der Waals surface area contributed by atoms with Gasteiger partial charge in [0, 0.05) is 51.9 Å². The SMILES string of the molecule is COCCCCn1c(C(=O)N(CC(C)C)[C@@H]2CNCC(C(C)(C)O)C2)nc2ccccc21. The maximum absolute atomic E-state index is 13.9. The summed E-state index contributed by atoms with van der Waals surface area (Å²) in [5.41, 5.74) is 1.06. The standard InChI is InChI=1S/C25H40N4O3/c1-18(2)17-29(20-14-19(15-26-16-20)25(3,4)31)24(30)23-27-21-10-6-7-11-22(21)28(23)12-8-9-13-32-5/h6-7,10-11,18-20,26,31H,8-9,12-17H2,1-5H3/t19?,20-/m0/s1. The normalized spacial score (nSPS) is 19.6. The second-order valence-corrected chi connectivity index (χ2v) is 10.0. The van der Waals surface area contributed by atoms with E-state index in [0.29, 0.717) is 24.9 Å². The molecule has 0 radical (unpaired) electrons. The van der Waals surface area contributed by atoms with Crippen LogP contribution in [0.4, 0.5) is 0 Å². The average molecular weight is 445 g/mol. The number of imidazole rings is 1. The zero-order chi connectivity index (χ0) is 23.3. The Morgan fingerprint density at radius 2 is 2.06 bits per heavy atom. The van der Waals surface area contributed by atoms with Gasteiger partial charge in [-0.2, -0.15) is 0 Å². The zero-order valence-corrected chi connectivity index (χ0v) is 20.3. The number of aliphatic hydroxyl groups is 1. The van der Waals surface area contributed by atoms with Gasteiger partial charge < -0.3 is 24.6 Å². The van der Waals surface area contributed by atoms with Crippen LogP contribution in [0.2, 0.25) is 0 Å². The van der Waals surface area contributed by atoms with E-state index in [1.165, 1.54) is 0 Å². The molecule has 1 fully saturated rings. The Balaban J connectivity index is 1.92. The van der Waals surface area contributed by atoms with Gasteiger partial charge in [0.2, 0.25) is 0 Å². The summed E-state index contributed by atoms with van der Waals surface area (Å²) < 4.78 is 7.27. The molecular weight excluding hydrogens is 404 g/mol. The van der Waals surface area contributed by atoms with Gasteiger partial charge in [0.15, 0.2) is 5.82 Å². The minimum Gasteiger partial charge on any atom is -0.390 e. The third kappa shape index (κ3) is 5.88. The molecule has 0 aliphatic carbocycles. The molecule has 1 aliphatic rings. The van der Waals surface area contributed by atoms with Gasteiger partial charge in [-0.25, -0.2) is 4.98 Å². The van der Waals surface area contributed by atoms with E-state index in [1.54, 1.807) is 7.11 Å². The number of nitrogens with one attached hydrogen (secondary N) is 1. The van der Waals surface area contributed by atoms with E-state index in [4.69, 9.17) is 9.72 Å². The predicted molar refractivity (Wildman–Crippen MR) is 128 cm³/mol. The number of amides is 1. The van der Waals surface area contributed by atoms with Crippen molar-refractivity contribution in [1.29, 1.82) is 0 Å². The summed E-state index contributed by atoms with van der Waals surface area (Å²) in [6, 6.07) is 7.99. The lowest BCUT2D eigenvalue weighted by molar-refractivity contribution is -0.0113. The molecule has 1 aromatic carbocycles. The number of aryl methyl sites for hydroxylation is 1. The molecule has 3 rings (SSSR count). The first-order valence-corrected chi connectivity index (χ1v) is 11.9. The van der Waals surface area contributed by atoms with Crippen LogP contribution in [0.15, 0.2) is 24.3 Å². The highest BCUT2D eigenvalue weighted by Gasteiger charge is 2.37. The first kappa shape index (κ1) is 24.7. The van der Waals surface area contributed by atoms with Crippen LogP contribution in [0.3, 0.4) is 0 Å². The monoisotopic (exact) mass is 444 g/mol. The Labute approximate surface area is 192 Å². The fraction of sp³-hybridized carbons (Fsp3) is 0.680. The molecule has 1 amide bonds. The van der Waals surface area contributed by atoms with Crippen molar-refractivity contribution in [3.8, 4) is 0 Å². The summed E-state index contributed by atoms with van der Waals surface area (Å²) in [7, 11) is 1.71. The van der Waals surface area contributed by atoms with Gasteiger partial charge in [-0.1, -0.05) is 26.0 Å². The number of para-hydroxylation sites is 2. The summed E-state index contributed by atoms with van der Waals surface area (Å²) in [5, 5.41) is 14.0. The number of carbonyl (C=O) groups is 1. The van der Waals surface area contributed by atoms with Crippen LogP contribution in [0.1, 0.15) is 57.6 Å². The van der Waals surface area contributed by atoms with Crippen molar-refractivity contribution in [2.75, 3.05) is 33.4 Å². The van der Waals surface area contributed by atoms with Crippen molar-refractivity contribution in [2.24, 2.45) is 11.8 Å². The zero-order valence-electron chi connectivity index (χ0n) is 20.3. The Hall–Kier alpha value is -1.96. The van der Waals surface area contributed by atoms with Crippen LogP contribution in [0.5, 0.6) is 0 Å². The van der Waals surface area contributed by atoms with E-state index in [2.05, 4.69) is 23.7 Å². The minimum absolute atomic E-state index is 0.0233. The number of piperidine rings is 1. The molecule has 2 N–H and O–H groups in total. The minimum atomic E-state index is -0.785. The lowest BCUT2D eigenvalue weighted by Crippen LogP contribution is -2.55. The molecule has 178 valence electrons. The van der Waals surface area contributed by atoms with Gasteiger partial charge in [-0.3, -0.25) is 4.79 Å². The van der Waals surface area contributed by atoms with Crippen LogP contribution in [0, 0.1) is 11.8 Å². The number of benzene rings is 1. The van der Waals surface area contributed by atoms with Crippen molar-refractivity contribution < 1.29 is 14.6 Å². The Bertz CT molecular complexity index is 887. The van der Waals surface area contributed by atoms with Gasteiger partial charge >= 0.3 is 0 Å². The quantitative estimate of drug-likeness (QED) is 0.550. The van der Waals surface area contributed by atoms with Crippen molar-refractivity contribution >= 4 is 16.9 Å².